The summed E-state index contributed by atoms with van der Waals surface area (Å²) in [6.07, 6.45) is 0. The molecule has 0 aliphatic carbocycles. The average molecular weight is 272 g/mol. The third-order valence-electron chi connectivity index (χ3n) is 15.7. The first kappa shape index (κ1) is 6.40. The zero-order chi connectivity index (χ0) is 10.7. The summed E-state index contributed by atoms with van der Waals surface area (Å²) < 4.78 is 0.837. The molecule has 10 saturated heterocycles. The molecule has 0 bridgehead atoms. The fourth-order valence-electron chi connectivity index (χ4n) is 17.4. The van der Waals surface area contributed by atoms with E-state index in [2.05, 4.69) is 5.32 Å². The molecule has 10 aliphatic heterocycles. The Balaban J connectivity index is 1.40. The molecule has 4 unspecified atom stereocenters. The summed E-state index contributed by atoms with van der Waals surface area (Å²) in [7, 11) is 0. The molecular formula is C13H16FeN2O. The third kappa shape index (κ3) is 0.0636. The van der Waals surface area contributed by atoms with E-state index in [4.69, 9.17) is 5.73 Å². The fraction of sp³-hybridized carbons (Fsp3) is 0.923. The minimum absolute atomic E-state index is 0.0981. The molecule has 10 heterocycles. The topological polar surface area (TPSA) is 55.1 Å². The molecule has 0 aromatic heterocycles. The van der Waals surface area contributed by atoms with E-state index in [0.717, 1.165) is 10.9 Å². The van der Waals surface area contributed by atoms with Crippen LogP contribution in [0, 0.1) is 0 Å². The molecule has 92 valence electrons. The van der Waals surface area contributed by atoms with Gasteiger partial charge in [0.1, 0.15) is 0 Å². The normalized spacial score (nSPS) is 119. The van der Waals surface area contributed by atoms with Gasteiger partial charge in [0.25, 0.3) is 0 Å². The van der Waals surface area contributed by atoms with E-state index in [-0.39, 0.29) is 12.5 Å². The molecule has 10 fully saturated rings. The van der Waals surface area contributed by atoms with Crippen molar-refractivity contribution >= 4 is 5.91 Å². The van der Waals surface area contributed by atoms with Crippen molar-refractivity contribution in [3.05, 3.63) is 0 Å². The van der Waals surface area contributed by atoms with E-state index in [1.54, 1.807) is 0 Å². The van der Waals surface area contributed by atoms with Crippen molar-refractivity contribution in [2.75, 3.05) is 13.1 Å². The second-order valence-electron chi connectivity index (χ2n) is 10.8. The standard InChI is InChI=1S/C8H11N2O.C5H5.Fe/c9-5-8(11)10-6-7-3-1-2-4-7;1-2-4-5-3-1;/h1-4H,5-6,9H2,(H,10,11);1-5H;. The molecule has 0 radical (unpaired) electrons. The number of amides is 1. The van der Waals surface area contributed by atoms with Crippen LogP contribution in [-0.4, -0.2) is 19.0 Å². The van der Waals surface area contributed by atoms with Crippen LogP contribution in [0.2, 0.25) is 47.7 Å². The Labute approximate surface area is 89.2 Å². The van der Waals surface area contributed by atoms with Gasteiger partial charge in [0, 0.05) is 0 Å². The number of rotatable bonds is 3. The second-order valence-corrected chi connectivity index (χ2v) is 34.5. The number of nitrogens with two attached hydrogens (primary N) is 1. The van der Waals surface area contributed by atoms with Crippen molar-refractivity contribution < 1.29 is 11.3 Å². The predicted octanol–water partition coefficient (Wildman–Crippen LogP) is 1.82. The van der Waals surface area contributed by atoms with Crippen molar-refractivity contribution in [1.82, 2.24) is 5.32 Å². The quantitative estimate of drug-likeness (QED) is 0.770. The summed E-state index contributed by atoms with van der Waals surface area (Å²) in [6, 6.07) is 0. The fourth-order valence-corrected chi connectivity index (χ4v) is 92.2. The van der Waals surface area contributed by atoms with Crippen LogP contribution in [-0.2, 0) is 11.3 Å². The van der Waals surface area contributed by atoms with Crippen LogP contribution in [0.1, 0.15) is 0 Å². The van der Waals surface area contributed by atoms with E-state index in [9.17, 15) is 4.79 Å². The molecule has 0 aromatic rings. The number of carbonyl (C=O) groups is 1. The van der Waals surface area contributed by atoms with Gasteiger partial charge in [-0.05, 0) is 0 Å². The summed E-state index contributed by atoms with van der Waals surface area (Å²) in [6.45, 7) is -1.60. The molecule has 1 spiro atoms. The van der Waals surface area contributed by atoms with Gasteiger partial charge in [-0.15, -0.1) is 0 Å². The summed E-state index contributed by atoms with van der Waals surface area (Å²) in [5, 5.41) is 3.22. The van der Waals surface area contributed by atoms with Crippen LogP contribution in [0.25, 0.3) is 0 Å². The van der Waals surface area contributed by atoms with Gasteiger partial charge in [-0.1, -0.05) is 0 Å². The molecular weight excluding hydrogens is 256 g/mol. The zero-order valence-corrected chi connectivity index (χ0v) is 10.6. The Morgan fingerprint density at radius 3 is 1.88 bits per heavy atom. The van der Waals surface area contributed by atoms with Gasteiger partial charge < -0.3 is 0 Å². The van der Waals surface area contributed by atoms with Gasteiger partial charge in [0.2, 0.25) is 0 Å². The molecule has 0 saturated carbocycles. The number of hydrogen-bond donors (Lipinski definition) is 2. The van der Waals surface area contributed by atoms with Gasteiger partial charge in [-0.3, -0.25) is 0 Å². The first-order valence-electron chi connectivity index (χ1n) is 7.18. The molecule has 4 heteroatoms. The maximum absolute atomic E-state index is 11.5. The van der Waals surface area contributed by atoms with Crippen LogP contribution in [0.5, 0.6) is 0 Å². The minimum atomic E-state index is -2.88. The molecule has 10 rings (SSSR count). The van der Waals surface area contributed by atoms with E-state index in [1.807, 2.05) is 0 Å². The molecule has 17 heavy (non-hydrogen) atoms. The zero-order valence-electron chi connectivity index (χ0n) is 9.45. The van der Waals surface area contributed by atoms with Crippen molar-refractivity contribution in [3.8, 4) is 0 Å². The SMILES string of the molecule is NCC(=O)NC[C]12[CH]3[CH]4[CH]5[CH]1[Fe]45321678[CH]2[CH]1[CH]6[CH]7[CH]28. The van der Waals surface area contributed by atoms with Crippen LogP contribution in [0.4, 0.5) is 0 Å². The molecule has 1 amide bonds. The van der Waals surface area contributed by atoms with Crippen LogP contribution >= 0.6 is 0 Å². The summed E-state index contributed by atoms with van der Waals surface area (Å²) >= 11 is 0. The maximum atomic E-state index is 11.5. The Morgan fingerprint density at radius 1 is 1.06 bits per heavy atom. The van der Waals surface area contributed by atoms with Gasteiger partial charge >= 0.3 is 89.0 Å². The average Bonchev–Trinajstić information content (AvgIpc) is 3.27. The molecule has 4 atom stereocenters. The van der Waals surface area contributed by atoms with Crippen LogP contribution in [0.15, 0.2) is 0 Å². The van der Waals surface area contributed by atoms with E-state index >= 15 is 0 Å². The Bertz CT molecular complexity index is 901. The molecule has 3 N–H and O–H groups in total. The van der Waals surface area contributed by atoms with Crippen LogP contribution in [0.3, 0.4) is 0 Å². The Kier molecular flexibility index (Phi) is 0.191. The third-order valence-corrected chi connectivity index (χ3v) is 58.7. The molecule has 0 aromatic carbocycles. The molecule has 10 aliphatic rings. The Hall–Kier alpha value is -0.0505. The predicted molar refractivity (Wildman–Crippen MR) is 58.5 cm³/mol. The number of fused-ring (bicyclic) bond motifs is 10. The van der Waals surface area contributed by atoms with E-state index < -0.39 is 6.51 Å². The first-order chi connectivity index (χ1) is 8.00. The second kappa shape index (κ2) is 0.506. The Morgan fingerprint density at radius 2 is 1.59 bits per heavy atom. The summed E-state index contributed by atoms with van der Waals surface area (Å²) in [5.41, 5.74) is 5.44. The summed E-state index contributed by atoms with van der Waals surface area (Å²) in [4.78, 5) is 23.7. The van der Waals surface area contributed by atoms with Crippen molar-refractivity contribution in [1.29, 1.82) is 0 Å². The number of carbonyl (C=O) groups excluding carboxylic acids is 1. The van der Waals surface area contributed by atoms with E-state index in [0.29, 0.717) is 0 Å². The van der Waals surface area contributed by atoms with Gasteiger partial charge in [0.05, 0.1) is 0 Å². The van der Waals surface area contributed by atoms with E-state index in [1.165, 1.54) is 43.3 Å². The summed E-state index contributed by atoms with van der Waals surface area (Å²) in [5.74, 6) is 0.0981. The number of hydrogen-bond acceptors (Lipinski definition) is 2. The van der Waals surface area contributed by atoms with Crippen molar-refractivity contribution in [2.24, 2.45) is 5.73 Å². The van der Waals surface area contributed by atoms with Gasteiger partial charge in [-0.25, -0.2) is 0 Å². The van der Waals surface area contributed by atoms with Gasteiger partial charge in [-0.2, -0.15) is 0 Å². The number of nitrogens with one attached hydrogen (secondary N) is 1. The van der Waals surface area contributed by atoms with Crippen molar-refractivity contribution in [3.63, 3.8) is 0 Å². The first-order valence-corrected chi connectivity index (χ1v) is 13.5. The van der Waals surface area contributed by atoms with Crippen LogP contribution < -0.4 is 11.1 Å². The van der Waals surface area contributed by atoms with Gasteiger partial charge in [0.15, 0.2) is 0 Å². The molecule has 3 nitrogen and oxygen atoms in total. The van der Waals surface area contributed by atoms with Crippen molar-refractivity contribution in [2.45, 2.75) is 47.7 Å². The monoisotopic (exact) mass is 272 g/mol.